The summed E-state index contributed by atoms with van der Waals surface area (Å²) in [4.78, 5) is 29.3. The number of nitrogens with zero attached hydrogens (tertiary/aromatic N) is 3. The van der Waals surface area contributed by atoms with Crippen molar-refractivity contribution >= 4 is 33.9 Å². The van der Waals surface area contributed by atoms with Crippen LogP contribution in [0.2, 0.25) is 0 Å². The third-order valence-corrected chi connectivity index (χ3v) is 6.25. The number of ether oxygens (including phenoxy) is 1. The highest BCUT2D eigenvalue weighted by molar-refractivity contribution is 8.14. The number of hydrogen-bond acceptors (Lipinski definition) is 5. The lowest BCUT2D eigenvalue weighted by molar-refractivity contribution is -0.125. The molecule has 7 heteroatoms. The minimum Gasteiger partial charge on any atom is -0.489 e. The maximum Gasteiger partial charge on any atom is 0.289 e. The number of fused-ring (bicyclic) bond motifs is 1. The summed E-state index contributed by atoms with van der Waals surface area (Å²) >= 11 is 1.05. The quantitative estimate of drug-likeness (QED) is 0.408. The van der Waals surface area contributed by atoms with Crippen LogP contribution in [0.3, 0.4) is 0 Å². The number of imidazole rings is 1. The van der Waals surface area contributed by atoms with Crippen molar-refractivity contribution in [3.8, 4) is 5.75 Å². The molecule has 2 amide bonds. The van der Waals surface area contributed by atoms with E-state index in [4.69, 9.17) is 4.74 Å². The SMILES string of the molecule is O=C1CSC(=O)N1Cc1ccc(OCc2ccc3c(c2)ncn3Cc2ccccc2)cc1. The largest absolute Gasteiger partial charge is 0.489 e. The average Bonchev–Trinajstić information content (AvgIpc) is 3.37. The van der Waals surface area contributed by atoms with Gasteiger partial charge in [0.05, 0.1) is 29.7 Å². The van der Waals surface area contributed by atoms with Gasteiger partial charge in [0.15, 0.2) is 0 Å². The molecule has 5 rings (SSSR count). The molecule has 0 saturated carbocycles. The number of imide groups is 1. The first-order chi connectivity index (χ1) is 15.7. The van der Waals surface area contributed by atoms with Gasteiger partial charge in [-0.15, -0.1) is 0 Å². The van der Waals surface area contributed by atoms with E-state index in [0.717, 1.165) is 46.2 Å². The number of hydrogen-bond donors (Lipinski definition) is 0. The van der Waals surface area contributed by atoms with Crippen LogP contribution >= 0.6 is 11.8 Å². The average molecular weight is 444 g/mol. The molecule has 6 nitrogen and oxygen atoms in total. The van der Waals surface area contributed by atoms with Gasteiger partial charge in [0.1, 0.15) is 12.4 Å². The summed E-state index contributed by atoms with van der Waals surface area (Å²) in [6, 6.07) is 24.0. The number of amides is 2. The predicted octanol–water partition coefficient (Wildman–Crippen LogP) is 4.86. The Labute approximate surface area is 189 Å². The molecule has 1 saturated heterocycles. The van der Waals surface area contributed by atoms with Crippen LogP contribution in [0.1, 0.15) is 16.7 Å². The Morgan fingerprint density at radius 3 is 2.38 bits per heavy atom. The van der Waals surface area contributed by atoms with E-state index >= 15 is 0 Å². The maximum atomic E-state index is 11.8. The Hall–Kier alpha value is -3.58. The summed E-state index contributed by atoms with van der Waals surface area (Å²) in [5.74, 6) is 0.827. The Morgan fingerprint density at radius 2 is 1.62 bits per heavy atom. The minimum atomic E-state index is -0.183. The van der Waals surface area contributed by atoms with Gasteiger partial charge >= 0.3 is 0 Å². The van der Waals surface area contributed by atoms with Crippen LogP contribution in [0.15, 0.2) is 79.1 Å². The summed E-state index contributed by atoms with van der Waals surface area (Å²) in [5.41, 5.74) is 5.20. The summed E-state index contributed by atoms with van der Waals surface area (Å²) in [7, 11) is 0. The zero-order valence-electron chi connectivity index (χ0n) is 17.3. The summed E-state index contributed by atoms with van der Waals surface area (Å²) in [6.07, 6.45) is 1.87. The molecule has 0 spiro atoms. The van der Waals surface area contributed by atoms with Crippen molar-refractivity contribution in [3.63, 3.8) is 0 Å². The van der Waals surface area contributed by atoms with Crippen LogP contribution in [0.5, 0.6) is 5.75 Å². The van der Waals surface area contributed by atoms with Crippen molar-refractivity contribution in [1.82, 2.24) is 14.5 Å². The fourth-order valence-electron chi connectivity index (χ4n) is 3.68. The van der Waals surface area contributed by atoms with Crippen LogP contribution in [-0.2, 0) is 24.5 Å². The van der Waals surface area contributed by atoms with Crippen molar-refractivity contribution in [1.29, 1.82) is 0 Å². The lowest BCUT2D eigenvalue weighted by Crippen LogP contribution is -2.27. The number of carbonyl (C=O) groups is 2. The van der Waals surface area contributed by atoms with Crippen molar-refractivity contribution in [2.45, 2.75) is 19.7 Å². The van der Waals surface area contributed by atoms with Crippen LogP contribution in [0, 0.1) is 0 Å². The van der Waals surface area contributed by atoms with Crippen LogP contribution in [-0.4, -0.2) is 31.4 Å². The van der Waals surface area contributed by atoms with E-state index in [9.17, 15) is 9.59 Å². The lowest BCUT2D eigenvalue weighted by Gasteiger charge is -2.13. The van der Waals surface area contributed by atoms with E-state index in [-0.39, 0.29) is 16.9 Å². The topological polar surface area (TPSA) is 64.4 Å². The van der Waals surface area contributed by atoms with E-state index in [1.54, 1.807) is 0 Å². The van der Waals surface area contributed by atoms with Crippen molar-refractivity contribution < 1.29 is 14.3 Å². The van der Waals surface area contributed by atoms with Crippen molar-refractivity contribution in [2.24, 2.45) is 0 Å². The molecule has 160 valence electrons. The van der Waals surface area contributed by atoms with Crippen molar-refractivity contribution in [3.05, 3.63) is 95.8 Å². The lowest BCUT2D eigenvalue weighted by atomic mass is 10.2. The molecule has 1 fully saturated rings. The molecule has 1 aromatic heterocycles. The zero-order valence-corrected chi connectivity index (χ0v) is 18.1. The Balaban J connectivity index is 1.21. The van der Waals surface area contributed by atoms with Gasteiger partial charge in [-0.1, -0.05) is 60.3 Å². The highest BCUT2D eigenvalue weighted by atomic mass is 32.2. The molecule has 1 aliphatic rings. The number of thioether (sulfide) groups is 1. The molecular formula is C25H21N3O3S. The standard InChI is InChI=1S/C25H21N3O3S/c29-24-16-32-25(30)28(24)14-19-6-9-21(10-7-19)31-15-20-8-11-23-22(12-20)26-17-27(23)13-18-4-2-1-3-5-18/h1-12,17H,13-16H2. The van der Waals surface area contributed by atoms with Crippen molar-refractivity contribution in [2.75, 3.05) is 5.75 Å². The fourth-order valence-corrected chi connectivity index (χ4v) is 4.40. The van der Waals surface area contributed by atoms with Crippen LogP contribution in [0.4, 0.5) is 4.79 Å². The monoisotopic (exact) mass is 443 g/mol. The molecule has 3 aromatic carbocycles. The van der Waals surface area contributed by atoms with Crippen LogP contribution < -0.4 is 4.74 Å². The molecular weight excluding hydrogens is 422 g/mol. The second-order valence-electron chi connectivity index (χ2n) is 7.65. The van der Waals surface area contributed by atoms with E-state index < -0.39 is 0 Å². The first-order valence-electron chi connectivity index (χ1n) is 10.3. The second kappa shape index (κ2) is 8.88. The molecule has 0 radical (unpaired) electrons. The predicted molar refractivity (Wildman–Crippen MR) is 124 cm³/mol. The van der Waals surface area contributed by atoms with Gasteiger partial charge in [-0.25, -0.2) is 4.98 Å². The van der Waals surface area contributed by atoms with Gasteiger partial charge in [0, 0.05) is 6.54 Å². The third kappa shape index (κ3) is 4.38. The second-order valence-corrected chi connectivity index (χ2v) is 8.57. The fraction of sp³-hybridized carbons (Fsp3) is 0.160. The van der Waals surface area contributed by atoms with Gasteiger partial charge in [0.2, 0.25) is 5.91 Å². The van der Waals surface area contributed by atoms with Gasteiger partial charge in [-0.05, 0) is 41.0 Å². The van der Waals surface area contributed by atoms with Gasteiger partial charge < -0.3 is 9.30 Å². The smallest absolute Gasteiger partial charge is 0.289 e. The summed E-state index contributed by atoms with van der Waals surface area (Å²) < 4.78 is 8.07. The first kappa shape index (κ1) is 20.3. The molecule has 1 aliphatic heterocycles. The van der Waals surface area contributed by atoms with E-state index in [1.807, 2.05) is 54.9 Å². The molecule has 0 atom stereocenters. The minimum absolute atomic E-state index is 0.137. The van der Waals surface area contributed by atoms with E-state index in [1.165, 1.54) is 10.5 Å². The molecule has 0 aliphatic carbocycles. The highest BCUT2D eigenvalue weighted by Crippen LogP contribution is 2.23. The Morgan fingerprint density at radius 1 is 0.875 bits per heavy atom. The number of benzene rings is 3. The molecule has 32 heavy (non-hydrogen) atoms. The summed E-state index contributed by atoms with van der Waals surface area (Å²) in [5, 5.41) is -0.183. The number of rotatable bonds is 7. The highest BCUT2D eigenvalue weighted by Gasteiger charge is 2.29. The van der Waals surface area contributed by atoms with Gasteiger partial charge in [-0.3, -0.25) is 14.5 Å². The van der Waals surface area contributed by atoms with E-state index in [2.05, 4.69) is 33.8 Å². The van der Waals surface area contributed by atoms with E-state index in [0.29, 0.717) is 13.2 Å². The van der Waals surface area contributed by atoms with Gasteiger partial charge in [0.25, 0.3) is 5.24 Å². The molecule has 0 unspecified atom stereocenters. The normalized spacial score (nSPS) is 13.8. The Kier molecular flexibility index (Phi) is 5.64. The summed E-state index contributed by atoms with van der Waals surface area (Å²) in [6.45, 7) is 1.51. The molecule has 2 heterocycles. The molecule has 0 bridgehead atoms. The zero-order chi connectivity index (χ0) is 21.9. The number of aromatic nitrogens is 2. The van der Waals surface area contributed by atoms with Crippen LogP contribution in [0.25, 0.3) is 11.0 Å². The molecule has 0 N–H and O–H groups in total. The van der Waals surface area contributed by atoms with Gasteiger partial charge in [-0.2, -0.15) is 0 Å². The number of carbonyl (C=O) groups excluding carboxylic acids is 2. The Bertz CT molecular complexity index is 1250. The third-order valence-electron chi connectivity index (χ3n) is 5.39. The first-order valence-corrected chi connectivity index (χ1v) is 11.3. The molecule has 4 aromatic rings. The maximum absolute atomic E-state index is 11.8.